The molecule has 4 rings (SSSR count). The van der Waals surface area contributed by atoms with E-state index in [9.17, 15) is 9.59 Å². The largest absolute Gasteiger partial charge is 0.274 e. The fourth-order valence-corrected chi connectivity index (χ4v) is 6.37. The lowest BCUT2D eigenvalue weighted by Gasteiger charge is -2.28. The first-order valence-corrected chi connectivity index (χ1v) is 9.55. The smallest absolute Gasteiger partial charge is 0.238 e. The zero-order chi connectivity index (χ0) is 15.8. The van der Waals surface area contributed by atoms with Crippen LogP contribution < -0.4 is 4.90 Å². The molecule has 0 radical (unpaired) electrons. The van der Waals surface area contributed by atoms with Crippen LogP contribution in [0.5, 0.6) is 0 Å². The van der Waals surface area contributed by atoms with Crippen LogP contribution in [0.4, 0.5) is 5.69 Å². The Morgan fingerprint density at radius 1 is 1.09 bits per heavy atom. The first-order chi connectivity index (χ1) is 10.4. The van der Waals surface area contributed by atoms with E-state index < -0.39 is 0 Å². The Kier molecular flexibility index (Phi) is 3.48. The fraction of sp³-hybridized carbons (Fsp3) is 0.500. The van der Waals surface area contributed by atoms with Gasteiger partial charge < -0.3 is 0 Å². The second-order valence-electron chi connectivity index (χ2n) is 6.45. The summed E-state index contributed by atoms with van der Waals surface area (Å²) in [6, 6.07) is 5.37. The standard InChI is InChI=1S/C16H14Br2ClNO2/c1-6-2-3-7(4-10(6)19)20-15(21)11-8-5-9(12(11)16(20)22)14(18)13(8)17/h2-4,8-9,11-14H,5H2,1H3/t8-,9-,11-,12-,13+,14+/m1/s1. The number of halogens is 3. The zero-order valence-electron chi connectivity index (χ0n) is 11.8. The van der Waals surface area contributed by atoms with Gasteiger partial charge in [0.2, 0.25) is 11.8 Å². The van der Waals surface area contributed by atoms with Crippen LogP contribution in [0.15, 0.2) is 18.2 Å². The van der Waals surface area contributed by atoms with Gasteiger partial charge in [0.25, 0.3) is 0 Å². The topological polar surface area (TPSA) is 37.4 Å². The number of alkyl halides is 2. The van der Waals surface area contributed by atoms with Crippen LogP contribution in [0.2, 0.25) is 5.02 Å². The maximum absolute atomic E-state index is 12.9. The molecule has 0 N–H and O–H groups in total. The molecule has 2 bridgehead atoms. The van der Waals surface area contributed by atoms with Gasteiger partial charge in [-0.1, -0.05) is 49.5 Å². The van der Waals surface area contributed by atoms with Crippen molar-refractivity contribution in [3.8, 4) is 0 Å². The van der Waals surface area contributed by atoms with Gasteiger partial charge in [-0.3, -0.25) is 9.59 Å². The Hall–Kier alpha value is -0.390. The Labute approximate surface area is 150 Å². The highest BCUT2D eigenvalue weighted by molar-refractivity contribution is 9.12. The van der Waals surface area contributed by atoms with E-state index in [2.05, 4.69) is 31.9 Å². The number of rotatable bonds is 1. The summed E-state index contributed by atoms with van der Waals surface area (Å²) in [5, 5.41) is 0.579. The predicted molar refractivity (Wildman–Crippen MR) is 92.7 cm³/mol. The third-order valence-corrected chi connectivity index (χ3v) is 9.01. The van der Waals surface area contributed by atoms with Gasteiger partial charge in [0, 0.05) is 14.7 Å². The highest BCUT2D eigenvalue weighted by Gasteiger charge is 2.66. The zero-order valence-corrected chi connectivity index (χ0v) is 15.7. The minimum atomic E-state index is -0.184. The molecule has 3 fully saturated rings. The van der Waals surface area contributed by atoms with Crippen LogP contribution in [-0.2, 0) is 9.59 Å². The summed E-state index contributed by atoms with van der Waals surface area (Å²) in [6.45, 7) is 1.90. The maximum Gasteiger partial charge on any atom is 0.238 e. The monoisotopic (exact) mass is 445 g/mol. The minimum Gasteiger partial charge on any atom is -0.274 e. The van der Waals surface area contributed by atoms with E-state index >= 15 is 0 Å². The molecule has 1 saturated heterocycles. The summed E-state index contributed by atoms with van der Waals surface area (Å²) in [6.07, 6.45) is 0.946. The number of anilines is 1. The molecule has 1 aliphatic heterocycles. The summed E-state index contributed by atoms with van der Waals surface area (Å²) in [5.74, 6) is -0.0208. The molecule has 1 aromatic carbocycles. The number of aryl methyl sites for hydroxylation is 1. The summed E-state index contributed by atoms with van der Waals surface area (Å²) >= 11 is 13.5. The minimum absolute atomic E-state index is 0.0636. The Morgan fingerprint density at radius 3 is 2.14 bits per heavy atom. The van der Waals surface area contributed by atoms with Gasteiger partial charge in [-0.05, 0) is 42.9 Å². The number of carbonyl (C=O) groups excluding carboxylic acids is 2. The lowest BCUT2D eigenvalue weighted by atomic mass is 9.81. The molecule has 1 aromatic rings. The van der Waals surface area contributed by atoms with E-state index in [1.165, 1.54) is 4.90 Å². The third-order valence-electron chi connectivity index (χ3n) is 5.40. The molecule has 2 saturated carbocycles. The number of nitrogens with zero attached hydrogens (tertiary/aromatic N) is 1. The summed E-state index contributed by atoms with van der Waals surface area (Å²) < 4.78 is 0. The molecular weight excluding hydrogens is 433 g/mol. The number of hydrogen-bond donors (Lipinski definition) is 0. The van der Waals surface area contributed by atoms with Crippen molar-refractivity contribution in [3.05, 3.63) is 28.8 Å². The number of benzene rings is 1. The molecule has 6 heteroatoms. The van der Waals surface area contributed by atoms with Crippen molar-refractivity contribution in [2.45, 2.75) is 23.0 Å². The van der Waals surface area contributed by atoms with Crippen molar-refractivity contribution in [1.29, 1.82) is 0 Å². The number of fused-ring (bicyclic) bond motifs is 5. The fourth-order valence-electron chi connectivity index (χ4n) is 4.32. The van der Waals surface area contributed by atoms with E-state index in [-0.39, 0.29) is 45.1 Å². The van der Waals surface area contributed by atoms with Crippen molar-refractivity contribution in [3.63, 3.8) is 0 Å². The number of carbonyl (C=O) groups is 2. The molecule has 1 heterocycles. The number of amides is 2. The normalized spacial score (nSPS) is 39.7. The Morgan fingerprint density at radius 2 is 1.64 bits per heavy atom. The van der Waals surface area contributed by atoms with Crippen LogP contribution in [0.25, 0.3) is 0 Å². The molecule has 3 nitrogen and oxygen atoms in total. The molecule has 6 atom stereocenters. The highest BCUT2D eigenvalue weighted by atomic mass is 79.9. The SMILES string of the molecule is Cc1ccc(N2C(=O)[C@@H]3[C@H]4C[C@@H]([C@H](Br)[C@H]4Br)[C@H]3C2=O)cc1Cl. The quantitative estimate of drug-likeness (QED) is 0.483. The van der Waals surface area contributed by atoms with Crippen molar-refractivity contribution < 1.29 is 9.59 Å². The number of imide groups is 1. The molecule has 0 spiro atoms. The van der Waals surface area contributed by atoms with Gasteiger partial charge in [0.05, 0.1) is 17.5 Å². The molecule has 0 unspecified atom stereocenters. The third kappa shape index (κ3) is 1.85. The molecule has 3 aliphatic rings. The second kappa shape index (κ2) is 5.05. The van der Waals surface area contributed by atoms with Crippen LogP contribution in [-0.4, -0.2) is 21.5 Å². The van der Waals surface area contributed by atoms with Crippen molar-refractivity contribution >= 4 is 61.0 Å². The summed E-state index contributed by atoms with van der Waals surface area (Å²) in [7, 11) is 0. The average Bonchev–Trinajstić information content (AvgIpc) is 3.08. The first kappa shape index (κ1) is 15.2. The molecule has 0 aromatic heterocycles. The van der Waals surface area contributed by atoms with Crippen LogP contribution >= 0.6 is 43.5 Å². The van der Waals surface area contributed by atoms with Crippen LogP contribution in [0, 0.1) is 30.6 Å². The van der Waals surface area contributed by atoms with Crippen molar-refractivity contribution in [2.75, 3.05) is 4.90 Å². The van der Waals surface area contributed by atoms with Crippen LogP contribution in [0.1, 0.15) is 12.0 Å². The van der Waals surface area contributed by atoms with Gasteiger partial charge in [0.1, 0.15) is 0 Å². The maximum atomic E-state index is 12.9. The van der Waals surface area contributed by atoms with E-state index in [0.29, 0.717) is 10.7 Å². The van der Waals surface area contributed by atoms with E-state index in [4.69, 9.17) is 11.6 Å². The first-order valence-electron chi connectivity index (χ1n) is 7.34. The van der Waals surface area contributed by atoms with E-state index in [1.54, 1.807) is 12.1 Å². The van der Waals surface area contributed by atoms with Crippen LogP contribution in [0.3, 0.4) is 0 Å². The Balaban J connectivity index is 1.74. The molecular formula is C16H14Br2ClNO2. The van der Waals surface area contributed by atoms with Gasteiger partial charge in [0.15, 0.2) is 0 Å². The van der Waals surface area contributed by atoms with Gasteiger partial charge >= 0.3 is 0 Å². The highest BCUT2D eigenvalue weighted by Crippen LogP contribution is 2.60. The Bertz CT molecular complexity index is 663. The van der Waals surface area contributed by atoms with Gasteiger partial charge in [-0.2, -0.15) is 0 Å². The lowest BCUT2D eigenvalue weighted by Crippen LogP contribution is -2.37. The summed E-state index contributed by atoms with van der Waals surface area (Å²) in [5.41, 5.74) is 1.53. The second-order valence-corrected chi connectivity index (χ2v) is 8.97. The molecule has 2 aliphatic carbocycles. The molecule has 22 heavy (non-hydrogen) atoms. The van der Waals surface area contributed by atoms with Gasteiger partial charge in [-0.25, -0.2) is 4.90 Å². The average molecular weight is 448 g/mol. The number of hydrogen-bond acceptors (Lipinski definition) is 2. The lowest BCUT2D eigenvalue weighted by molar-refractivity contribution is -0.123. The molecule has 116 valence electrons. The van der Waals surface area contributed by atoms with E-state index in [0.717, 1.165) is 12.0 Å². The van der Waals surface area contributed by atoms with Crippen molar-refractivity contribution in [1.82, 2.24) is 0 Å². The van der Waals surface area contributed by atoms with E-state index in [1.807, 2.05) is 13.0 Å². The van der Waals surface area contributed by atoms with Crippen molar-refractivity contribution in [2.24, 2.45) is 23.7 Å². The van der Waals surface area contributed by atoms with Gasteiger partial charge in [-0.15, -0.1) is 0 Å². The molecule has 2 amide bonds. The predicted octanol–water partition coefficient (Wildman–Crippen LogP) is 3.93. The summed E-state index contributed by atoms with van der Waals surface area (Å²) in [4.78, 5) is 27.6.